The van der Waals surface area contributed by atoms with Crippen LogP contribution in [0.4, 0.5) is 0 Å². The first-order valence-corrected chi connectivity index (χ1v) is 8.89. The number of para-hydroxylation sites is 1. The minimum absolute atomic E-state index is 0.205. The summed E-state index contributed by atoms with van der Waals surface area (Å²) in [6.07, 6.45) is 7.25. The maximum absolute atomic E-state index is 12.3. The molecule has 1 amide bonds. The second-order valence-corrected chi connectivity index (χ2v) is 6.61. The van der Waals surface area contributed by atoms with Crippen LogP contribution < -0.4 is 5.32 Å². The Labute approximate surface area is 153 Å². The molecule has 3 heterocycles. The Morgan fingerprint density at radius 3 is 2.77 bits per heavy atom. The van der Waals surface area contributed by atoms with E-state index < -0.39 is 0 Å². The lowest BCUT2D eigenvalue weighted by Crippen LogP contribution is -2.22. The summed E-state index contributed by atoms with van der Waals surface area (Å²) in [6, 6.07) is 9.83. The molecule has 0 saturated heterocycles. The van der Waals surface area contributed by atoms with Crippen LogP contribution in [0.5, 0.6) is 0 Å². The van der Waals surface area contributed by atoms with Crippen molar-refractivity contribution in [1.82, 2.24) is 29.9 Å². The molecule has 4 aromatic rings. The molecular weight excluding hydrogens is 348 g/mol. The maximum Gasteiger partial charge on any atom is 0.271 e. The minimum Gasteiger partial charge on any atom is -0.346 e. The first-order valence-electron chi connectivity index (χ1n) is 8.01. The largest absolute Gasteiger partial charge is 0.346 e. The van der Waals surface area contributed by atoms with Gasteiger partial charge in [0.1, 0.15) is 10.7 Å². The molecule has 3 aromatic heterocycles. The van der Waals surface area contributed by atoms with Crippen LogP contribution in [0.1, 0.15) is 16.1 Å². The van der Waals surface area contributed by atoms with Crippen molar-refractivity contribution in [3.8, 4) is 16.3 Å². The summed E-state index contributed by atoms with van der Waals surface area (Å²) in [5, 5.41) is 13.9. The third kappa shape index (κ3) is 3.40. The number of hydrogen-bond donors (Lipinski definition) is 1. The Morgan fingerprint density at radius 2 is 2.00 bits per heavy atom. The van der Waals surface area contributed by atoms with Crippen LogP contribution in [0, 0.1) is 0 Å². The number of aromatic nitrogens is 5. The molecule has 0 aliphatic heterocycles. The Bertz CT molecular complexity index is 1030. The molecule has 0 aliphatic carbocycles. The molecule has 26 heavy (non-hydrogen) atoms. The molecule has 0 radical (unpaired) electrons. The molecule has 1 N–H and O–H groups in total. The van der Waals surface area contributed by atoms with Crippen LogP contribution in [0.15, 0.2) is 60.5 Å². The second-order valence-electron chi connectivity index (χ2n) is 5.75. The number of nitrogens with one attached hydrogen (secondary N) is 1. The molecule has 0 saturated carbocycles. The highest BCUT2D eigenvalue weighted by Gasteiger charge is 2.13. The summed E-state index contributed by atoms with van der Waals surface area (Å²) in [4.78, 5) is 16.7. The van der Waals surface area contributed by atoms with Gasteiger partial charge in [-0.25, -0.2) is 9.67 Å². The van der Waals surface area contributed by atoms with E-state index in [0.717, 1.165) is 21.8 Å². The molecule has 130 valence electrons. The van der Waals surface area contributed by atoms with E-state index >= 15 is 0 Å². The number of benzene rings is 1. The molecule has 0 fully saturated rings. The third-order valence-electron chi connectivity index (χ3n) is 3.80. The van der Waals surface area contributed by atoms with Crippen molar-refractivity contribution in [3.63, 3.8) is 0 Å². The lowest BCUT2D eigenvalue weighted by molar-refractivity contribution is 0.0946. The highest BCUT2D eigenvalue weighted by atomic mass is 32.1. The third-order valence-corrected chi connectivity index (χ3v) is 4.69. The highest BCUT2D eigenvalue weighted by molar-refractivity contribution is 7.13. The van der Waals surface area contributed by atoms with Crippen molar-refractivity contribution < 1.29 is 4.79 Å². The van der Waals surface area contributed by atoms with Gasteiger partial charge in [0.15, 0.2) is 0 Å². The monoisotopic (exact) mass is 364 g/mol. The predicted octanol–water partition coefficient (Wildman–Crippen LogP) is 2.66. The topological polar surface area (TPSA) is 77.6 Å². The minimum atomic E-state index is -0.205. The lowest BCUT2D eigenvalue weighted by Gasteiger charge is -2.01. The van der Waals surface area contributed by atoms with Gasteiger partial charge in [-0.15, -0.1) is 11.3 Å². The molecule has 0 bridgehead atoms. The number of hydrogen-bond acceptors (Lipinski definition) is 5. The number of aryl methyl sites for hydroxylation is 1. The van der Waals surface area contributed by atoms with E-state index in [1.165, 1.54) is 11.3 Å². The van der Waals surface area contributed by atoms with Crippen LogP contribution in [-0.4, -0.2) is 30.5 Å². The van der Waals surface area contributed by atoms with Gasteiger partial charge >= 0.3 is 0 Å². The number of thiazole rings is 1. The molecular formula is C18H16N6OS. The van der Waals surface area contributed by atoms with Crippen LogP contribution in [0.2, 0.25) is 0 Å². The molecule has 1 aromatic carbocycles. The van der Waals surface area contributed by atoms with E-state index in [-0.39, 0.29) is 5.91 Å². The Kier molecular flexibility index (Phi) is 4.32. The van der Waals surface area contributed by atoms with E-state index in [1.807, 2.05) is 49.8 Å². The van der Waals surface area contributed by atoms with Gasteiger partial charge in [-0.05, 0) is 12.1 Å². The van der Waals surface area contributed by atoms with Crippen LogP contribution in [0.3, 0.4) is 0 Å². The van der Waals surface area contributed by atoms with Gasteiger partial charge < -0.3 is 5.32 Å². The fraction of sp³-hybridized carbons (Fsp3) is 0.111. The van der Waals surface area contributed by atoms with E-state index in [0.29, 0.717) is 12.2 Å². The smallest absolute Gasteiger partial charge is 0.271 e. The first kappa shape index (κ1) is 16.2. The zero-order valence-electron chi connectivity index (χ0n) is 14.0. The average Bonchev–Trinajstić information content (AvgIpc) is 3.40. The van der Waals surface area contributed by atoms with Crippen LogP contribution >= 0.6 is 11.3 Å². The van der Waals surface area contributed by atoms with E-state index in [9.17, 15) is 4.79 Å². The van der Waals surface area contributed by atoms with Crippen molar-refractivity contribution in [2.75, 3.05) is 0 Å². The molecule has 4 rings (SSSR count). The number of carbonyl (C=O) groups is 1. The van der Waals surface area contributed by atoms with Gasteiger partial charge in [0, 0.05) is 42.5 Å². The van der Waals surface area contributed by atoms with Gasteiger partial charge in [0.2, 0.25) is 0 Å². The van der Waals surface area contributed by atoms with Crippen molar-refractivity contribution in [1.29, 1.82) is 0 Å². The van der Waals surface area contributed by atoms with E-state index in [2.05, 4.69) is 20.5 Å². The summed E-state index contributed by atoms with van der Waals surface area (Å²) in [5.74, 6) is -0.205. The molecule has 0 atom stereocenters. The standard InChI is InChI=1S/C18H16N6OS/c1-23-11-14(9-20-23)18-22-16(12-26-18)17(25)19-7-13-8-21-24(10-13)15-5-3-2-4-6-15/h2-6,8-12H,7H2,1H3,(H,19,25). The Balaban J connectivity index is 1.40. The molecule has 7 nitrogen and oxygen atoms in total. The number of amides is 1. The van der Waals surface area contributed by atoms with Gasteiger partial charge in [-0.1, -0.05) is 18.2 Å². The summed E-state index contributed by atoms with van der Waals surface area (Å²) < 4.78 is 3.49. The maximum atomic E-state index is 12.3. The van der Waals surface area contributed by atoms with Crippen molar-refractivity contribution in [2.24, 2.45) is 7.05 Å². The first-order chi connectivity index (χ1) is 12.7. The quantitative estimate of drug-likeness (QED) is 0.591. The zero-order chi connectivity index (χ0) is 17.9. The lowest BCUT2D eigenvalue weighted by atomic mass is 10.3. The van der Waals surface area contributed by atoms with Crippen molar-refractivity contribution in [3.05, 3.63) is 71.8 Å². The number of rotatable bonds is 5. The van der Waals surface area contributed by atoms with E-state index in [1.54, 1.807) is 27.1 Å². The molecule has 0 spiro atoms. The van der Waals surface area contributed by atoms with E-state index in [4.69, 9.17) is 0 Å². The summed E-state index contributed by atoms with van der Waals surface area (Å²) in [5.41, 5.74) is 3.21. The Hall–Kier alpha value is -3.26. The van der Waals surface area contributed by atoms with Crippen molar-refractivity contribution >= 4 is 17.2 Å². The highest BCUT2D eigenvalue weighted by Crippen LogP contribution is 2.22. The number of nitrogens with zero attached hydrogens (tertiary/aromatic N) is 5. The number of carbonyl (C=O) groups excluding carboxylic acids is 1. The SMILES string of the molecule is Cn1cc(-c2nc(C(=O)NCc3cnn(-c4ccccc4)c3)cs2)cn1. The molecule has 8 heteroatoms. The normalized spacial score (nSPS) is 10.8. The zero-order valence-corrected chi connectivity index (χ0v) is 14.8. The van der Waals surface area contributed by atoms with Crippen molar-refractivity contribution in [2.45, 2.75) is 6.54 Å². The predicted molar refractivity (Wildman–Crippen MR) is 99.1 cm³/mol. The molecule has 0 aliphatic rings. The van der Waals surface area contributed by atoms with Gasteiger partial charge in [-0.2, -0.15) is 10.2 Å². The van der Waals surface area contributed by atoms with Gasteiger partial charge in [0.25, 0.3) is 5.91 Å². The fourth-order valence-corrected chi connectivity index (χ4v) is 3.26. The van der Waals surface area contributed by atoms with Gasteiger partial charge in [0.05, 0.1) is 18.1 Å². The summed E-state index contributed by atoms with van der Waals surface area (Å²) >= 11 is 1.43. The van der Waals surface area contributed by atoms with Gasteiger partial charge in [-0.3, -0.25) is 9.48 Å². The summed E-state index contributed by atoms with van der Waals surface area (Å²) in [6.45, 7) is 0.394. The summed E-state index contributed by atoms with van der Waals surface area (Å²) in [7, 11) is 1.85. The fourth-order valence-electron chi connectivity index (χ4n) is 2.49. The average molecular weight is 364 g/mol. The van der Waals surface area contributed by atoms with Crippen LogP contribution in [0.25, 0.3) is 16.3 Å². The van der Waals surface area contributed by atoms with Crippen LogP contribution in [-0.2, 0) is 13.6 Å². The Morgan fingerprint density at radius 1 is 1.15 bits per heavy atom. The molecule has 0 unspecified atom stereocenters. The second kappa shape index (κ2) is 6.93.